The minimum Gasteiger partial charge on any atom is -0.381 e. The maximum atomic E-state index is 5.54. The number of hydrogen-bond donors (Lipinski definition) is 0. The second-order valence-corrected chi connectivity index (χ2v) is 7.75. The van der Waals surface area contributed by atoms with Gasteiger partial charge in [-0.15, -0.1) is 0 Å². The van der Waals surface area contributed by atoms with Gasteiger partial charge in [-0.3, -0.25) is 9.58 Å². The molecule has 2 aromatic rings. The number of aryl methyl sites for hydroxylation is 2. The quantitative estimate of drug-likeness (QED) is 0.850. The largest absolute Gasteiger partial charge is 0.381 e. The van der Waals surface area contributed by atoms with E-state index in [4.69, 9.17) is 9.72 Å². The second kappa shape index (κ2) is 6.12. The van der Waals surface area contributed by atoms with Crippen LogP contribution < -0.4 is 0 Å². The van der Waals surface area contributed by atoms with Crippen LogP contribution in [0.5, 0.6) is 0 Å². The van der Waals surface area contributed by atoms with Crippen molar-refractivity contribution < 1.29 is 4.74 Å². The van der Waals surface area contributed by atoms with Crippen LogP contribution in [0, 0.1) is 6.92 Å². The Balaban J connectivity index is 1.62. The zero-order valence-corrected chi connectivity index (χ0v) is 15.1. The van der Waals surface area contributed by atoms with Gasteiger partial charge < -0.3 is 4.74 Å². The van der Waals surface area contributed by atoms with E-state index in [9.17, 15) is 0 Å². The van der Waals surface area contributed by atoms with Gasteiger partial charge >= 0.3 is 0 Å². The van der Waals surface area contributed by atoms with Gasteiger partial charge in [0.25, 0.3) is 0 Å². The molecule has 0 spiro atoms. The molecule has 24 heavy (non-hydrogen) atoms. The fraction of sp³-hybridized carbons (Fsp3) is 0.684. The summed E-state index contributed by atoms with van der Waals surface area (Å²) in [5, 5.41) is 5.69. The molecule has 5 heteroatoms. The molecular formula is C19H28N4O. The highest BCUT2D eigenvalue weighted by atomic mass is 16.5. The van der Waals surface area contributed by atoms with Crippen molar-refractivity contribution in [3.05, 3.63) is 23.5 Å². The summed E-state index contributed by atoms with van der Waals surface area (Å²) in [5.41, 5.74) is 3.41. The topological polar surface area (TPSA) is 43.2 Å². The number of piperidine rings is 1. The first-order valence-corrected chi connectivity index (χ1v) is 9.19. The van der Waals surface area contributed by atoms with Crippen LogP contribution in [0.25, 0.3) is 11.0 Å². The zero-order chi connectivity index (χ0) is 16.7. The van der Waals surface area contributed by atoms with Crippen LogP contribution in [0.3, 0.4) is 0 Å². The van der Waals surface area contributed by atoms with Crippen LogP contribution in [0.15, 0.2) is 12.1 Å². The van der Waals surface area contributed by atoms with Crippen LogP contribution in [0.1, 0.15) is 44.0 Å². The van der Waals surface area contributed by atoms with E-state index in [2.05, 4.69) is 36.0 Å². The summed E-state index contributed by atoms with van der Waals surface area (Å²) < 4.78 is 7.46. The highest BCUT2D eigenvalue weighted by Gasteiger charge is 2.37. The van der Waals surface area contributed by atoms with E-state index in [-0.39, 0.29) is 5.41 Å². The number of rotatable bonds is 2. The molecule has 2 saturated heterocycles. The predicted molar refractivity (Wildman–Crippen MR) is 95.2 cm³/mol. The van der Waals surface area contributed by atoms with Crippen LogP contribution in [-0.4, -0.2) is 52.0 Å². The SMILES string of the molecule is Cc1nn(C)c2nc([C@@]3(C)CCCN(C4CCOCC4)C3)ccc12. The molecule has 5 nitrogen and oxygen atoms in total. The smallest absolute Gasteiger partial charge is 0.158 e. The van der Waals surface area contributed by atoms with E-state index in [1.165, 1.54) is 43.3 Å². The first-order valence-electron chi connectivity index (χ1n) is 9.19. The number of aromatic nitrogens is 3. The first kappa shape index (κ1) is 16.0. The minimum atomic E-state index is 0.128. The van der Waals surface area contributed by atoms with Gasteiger partial charge in [0.2, 0.25) is 0 Å². The zero-order valence-electron chi connectivity index (χ0n) is 15.1. The van der Waals surface area contributed by atoms with Gasteiger partial charge in [-0.1, -0.05) is 6.92 Å². The minimum absolute atomic E-state index is 0.128. The van der Waals surface area contributed by atoms with Crippen molar-refractivity contribution in [2.45, 2.75) is 51.0 Å². The van der Waals surface area contributed by atoms with E-state index >= 15 is 0 Å². The lowest BCUT2D eigenvalue weighted by atomic mass is 9.77. The molecule has 0 radical (unpaired) electrons. The molecule has 130 valence electrons. The van der Waals surface area contributed by atoms with Crippen LogP contribution >= 0.6 is 0 Å². The Labute approximate surface area is 144 Å². The fourth-order valence-corrected chi connectivity index (χ4v) is 4.49. The summed E-state index contributed by atoms with van der Waals surface area (Å²) in [4.78, 5) is 7.71. The monoisotopic (exact) mass is 328 g/mol. The molecule has 0 amide bonds. The summed E-state index contributed by atoms with van der Waals surface area (Å²) in [6.07, 6.45) is 4.80. The molecule has 0 unspecified atom stereocenters. The average Bonchev–Trinajstić information content (AvgIpc) is 2.90. The lowest BCUT2D eigenvalue weighted by molar-refractivity contribution is 0.0136. The molecule has 0 N–H and O–H groups in total. The molecule has 0 saturated carbocycles. The third-order valence-electron chi connectivity index (χ3n) is 5.92. The van der Waals surface area contributed by atoms with Crippen LogP contribution in [0.2, 0.25) is 0 Å². The molecule has 0 bridgehead atoms. The maximum Gasteiger partial charge on any atom is 0.158 e. The number of pyridine rings is 1. The molecule has 4 heterocycles. The van der Waals surface area contributed by atoms with Gasteiger partial charge in [0, 0.05) is 43.6 Å². The average molecular weight is 328 g/mol. The van der Waals surface area contributed by atoms with E-state index in [0.29, 0.717) is 6.04 Å². The van der Waals surface area contributed by atoms with E-state index < -0.39 is 0 Å². The number of nitrogens with zero attached hydrogens (tertiary/aromatic N) is 4. The van der Waals surface area contributed by atoms with E-state index in [1.54, 1.807) is 0 Å². The Hall–Kier alpha value is -1.46. The number of fused-ring (bicyclic) bond motifs is 1. The molecule has 4 rings (SSSR count). The van der Waals surface area contributed by atoms with Gasteiger partial charge in [0.05, 0.1) is 11.4 Å². The van der Waals surface area contributed by atoms with Crippen LogP contribution in [0.4, 0.5) is 0 Å². The molecule has 2 aliphatic rings. The van der Waals surface area contributed by atoms with Gasteiger partial charge in [0.1, 0.15) is 0 Å². The fourth-order valence-electron chi connectivity index (χ4n) is 4.49. The summed E-state index contributed by atoms with van der Waals surface area (Å²) in [6.45, 7) is 8.59. The molecular weight excluding hydrogens is 300 g/mol. The molecule has 2 fully saturated rings. The van der Waals surface area contributed by atoms with Crippen molar-refractivity contribution in [3.8, 4) is 0 Å². The summed E-state index contributed by atoms with van der Waals surface area (Å²) in [7, 11) is 1.99. The van der Waals surface area contributed by atoms with Crippen LogP contribution in [-0.2, 0) is 17.2 Å². The molecule has 0 aliphatic carbocycles. The lowest BCUT2D eigenvalue weighted by Gasteiger charge is -2.44. The van der Waals surface area contributed by atoms with Gasteiger partial charge in [-0.2, -0.15) is 5.10 Å². The van der Waals surface area contributed by atoms with Crippen molar-refractivity contribution in [1.82, 2.24) is 19.7 Å². The Bertz CT molecular complexity index is 734. The molecule has 2 aliphatic heterocycles. The highest BCUT2D eigenvalue weighted by molar-refractivity contribution is 5.78. The maximum absolute atomic E-state index is 5.54. The lowest BCUT2D eigenvalue weighted by Crippen LogP contribution is -2.50. The van der Waals surface area contributed by atoms with Crippen molar-refractivity contribution in [1.29, 1.82) is 0 Å². The van der Waals surface area contributed by atoms with Gasteiger partial charge in [-0.05, 0) is 51.3 Å². The third-order valence-corrected chi connectivity index (χ3v) is 5.92. The Kier molecular flexibility index (Phi) is 4.09. The number of likely N-dealkylation sites (tertiary alicyclic amines) is 1. The first-order chi connectivity index (χ1) is 11.6. The molecule has 2 aromatic heterocycles. The second-order valence-electron chi connectivity index (χ2n) is 7.75. The number of hydrogen-bond acceptors (Lipinski definition) is 4. The van der Waals surface area contributed by atoms with E-state index in [1.807, 2.05) is 11.7 Å². The number of ether oxygens (including phenoxy) is 1. The Morgan fingerprint density at radius 3 is 2.83 bits per heavy atom. The normalized spacial score (nSPS) is 27.0. The standard InChI is InChI=1S/C19H28N4O/c1-14-16-5-6-17(20-18(16)22(3)21-14)19(2)9-4-10-23(13-19)15-7-11-24-12-8-15/h5-6,15H,4,7-13H2,1-3H3/t19-/m0/s1. The van der Waals surface area contributed by atoms with Crippen molar-refractivity contribution >= 4 is 11.0 Å². The predicted octanol–water partition coefficient (Wildman–Crippen LogP) is 2.81. The van der Waals surface area contributed by atoms with Gasteiger partial charge in [0.15, 0.2) is 5.65 Å². The molecule has 1 atom stereocenters. The van der Waals surface area contributed by atoms with Crippen molar-refractivity contribution in [2.75, 3.05) is 26.3 Å². The molecule has 0 aromatic carbocycles. The Morgan fingerprint density at radius 1 is 1.25 bits per heavy atom. The summed E-state index contributed by atoms with van der Waals surface area (Å²) >= 11 is 0. The summed E-state index contributed by atoms with van der Waals surface area (Å²) in [5.74, 6) is 0. The Morgan fingerprint density at radius 2 is 2.04 bits per heavy atom. The van der Waals surface area contributed by atoms with Crippen molar-refractivity contribution in [3.63, 3.8) is 0 Å². The third kappa shape index (κ3) is 2.74. The van der Waals surface area contributed by atoms with Gasteiger partial charge in [-0.25, -0.2) is 4.98 Å². The van der Waals surface area contributed by atoms with Crippen molar-refractivity contribution in [2.24, 2.45) is 7.05 Å². The highest BCUT2D eigenvalue weighted by Crippen LogP contribution is 2.35. The van der Waals surface area contributed by atoms with E-state index in [0.717, 1.165) is 31.1 Å². The summed E-state index contributed by atoms with van der Waals surface area (Å²) in [6, 6.07) is 5.12.